The maximum Gasteiger partial charge on any atom is 0.158 e. The highest BCUT2D eigenvalue weighted by Crippen LogP contribution is 2.42. The summed E-state index contributed by atoms with van der Waals surface area (Å²) in [4.78, 5) is 9.48. The highest BCUT2D eigenvalue weighted by Gasteiger charge is 2.33. The normalized spacial score (nSPS) is 24.8. The summed E-state index contributed by atoms with van der Waals surface area (Å²) in [5.74, 6) is 1.74. The first kappa shape index (κ1) is 20.5. The van der Waals surface area contributed by atoms with Crippen molar-refractivity contribution in [3.63, 3.8) is 0 Å². The molecule has 8 nitrogen and oxygen atoms in total. The van der Waals surface area contributed by atoms with E-state index in [0.29, 0.717) is 5.92 Å². The number of morpholine rings is 1. The van der Waals surface area contributed by atoms with E-state index >= 15 is 0 Å². The molecule has 2 aromatic rings. The number of piperidine rings is 1. The lowest BCUT2D eigenvalue weighted by atomic mass is 9.91. The lowest BCUT2D eigenvalue weighted by molar-refractivity contribution is 0.0525. The maximum atomic E-state index is 11.1. The van der Waals surface area contributed by atoms with E-state index < -0.39 is 6.10 Å². The Morgan fingerprint density at radius 1 is 1.06 bits per heavy atom. The van der Waals surface area contributed by atoms with E-state index in [1.165, 1.54) is 29.8 Å². The number of hydrogen-bond donors (Lipinski definition) is 1. The van der Waals surface area contributed by atoms with Gasteiger partial charge in [-0.05, 0) is 49.8 Å². The van der Waals surface area contributed by atoms with Gasteiger partial charge in [0.15, 0.2) is 5.82 Å². The average molecular weight is 455 g/mol. The highest BCUT2D eigenvalue weighted by molar-refractivity contribution is 7.09. The summed E-state index contributed by atoms with van der Waals surface area (Å²) in [6, 6.07) is 0. The number of aliphatic hydroxyl groups is 1. The van der Waals surface area contributed by atoms with Crippen LogP contribution in [-0.2, 0) is 11.2 Å². The Kier molecular flexibility index (Phi) is 5.56. The Balaban J connectivity index is 1.20. The number of fused-ring (bicyclic) bond motifs is 1. The molecule has 0 spiro atoms. The summed E-state index contributed by atoms with van der Waals surface area (Å²) < 4.78 is 5.50. The molecule has 170 valence electrons. The number of ether oxygens (including phenoxy) is 1. The molecular weight excluding hydrogens is 424 g/mol. The summed E-state index contributed by atoms with van der Waals surface area (Å²) in [5, 5.41) is 27.0. The second kappa shape index (κ2) is 8.68. The minimum atomic E-state index is -0.506. The van der Waals surface area contributed by atoms with Crippen LogP contribution in [0.5, 0.6) is 0 Å². The molecule has 0 radical (unpaired) electrons. The van der Waals surface area contributed by atoms with Crippen molar-refractivity contribution in [2.24, 2.45) is 5.92 Å². The van der Waals surface area contributed by atoms with Gasteiger partial charge in [0.25, 0.3) is 0 Å². The van der Waals surface area contributed by atoms with Crippen LogP contribution in [0.2, 0.25) is 0 Å². The molecule has 32 heavy (non-hydrogen) atoms. The first-order valence-electron chi connectivity index (χ1n) is 11.9. The molecule has 2 aromatic heterocycles. The van der Waals surface area contributed by atoms with Gasteiger partial charge in [0.2, 0.25) is 0 Å². The molecule has 0 amide bonds. The molecule has 9 heteroatoms. The minimum Gasteiger partial charge on any atom is -0.386 e. The molecule has 2 atom stereocenters. The van der Waals surface area contributed by atoms with Gasteiger partial charge in [-0.15, -0.1) is 21.5 Å². The third kappa shape index (κ3) is 4.02. The van der Waals surface area contributed by atoms with Crippen LogP contribution in [0, 0.1) is 5.92 Å². The molecule has 1 saturated carbocycles. The molecule has 6 rings (SSSR count). The van der Waals surface area contributed by atoms with E-state index in [1.54, 1.807) is 11.3 Å². The van der Waals surface area contributed by atoms with E-state index in [1.807, 2.05) is 0 Å². The van der Waals surface area contributed by atoms with Crippen LogP contribution in [0.15, 0.2) is 11.1 Å². The fraction of sp³-hybridized carbons (Fsp3) is 0.652. The lowest BCUT2D eigenvalue weighted by Crippen LogP contribution is -2.39. The molecular formula is C23H30N6O2S. The standard InChI is InChI=1S/C23H30N6O2S/c30-21(23-24-20(14-32-23)15-3-4-15)16-2-1-7-29(13-16)22-18-6-5-17(12-19(18)25-27-26-22)28-8-10-31-11-9-28/h12,14-16,21,30H,1-11,13H2. The van der Waals surface area contributed by atoms with Gasteiger partial charge < -0.3 is 19.6 Å². The topological polar surface area (TPSA) is 87.5 Å². The number of allylic oxidation sites excluding steroid dienone is 1. The van der Waals surface area contributed by atoms with Crippen molar-refractivity contribution >= 4 is 23.2 Å². The number of aromatic nitrogens is 4. The van der Waals surface area contributed by atoms with Crippen molar-refractivity contribution in [1.29, 1.82) is 0 Å². The Bertz CT molecular complexity index is 1000. The quantitative estimate of drug-likeness (QED) is 0.738. The van der Waals surface area contributed by atoms with Crippen molar-refractivity contribution in [2.75, 3.05) is 44.3 Å². The molecule has 1 N–H and O–H groups in total. The highest BCUT2D eigenvalue weighted by atomic mass is 32.1. The second-order valence-corrected chi connectivity index (χ2v) is 10.3. The third-order valence-electron chi connectivity index (χ3n) is 7.21. The molecule has 2 saturated heterocycles. The van der Waals surface area contributed by atoms with Crippen LogP contribution >= 0.6 is 11.3 Å². The predicted octanol–water partition coefficient (Wildman–Crippen LogP) is 2.77. The maximum absolute atomic E-state index is 11.1. The zero-order chi connectivity index (χ0) is 21.5. The molecule has 0 bridgehead atoms. The van der Waals surface area contributed by atoms with Crippen LogP contribution in [0.4, 0.5) is 5.82 Å². The van der Waals surface area contributed by atoms with Gasteiger partial charge in [-0.3, -0.25) is 0 Å². The van der Waals surface area contributed by atoms with Gasteiger partial charge in [-0.1, -0.05) is 0 Å². The van der Waals surface area contributed by atoms with Crippen molar-refractivity contribution in [2.45, 2.75) is 50.5 Å². The van der Waals surface area contributed by atoms with Crippen LogP contribution in [0.3, 0.4) is 0 Å². The monoisotopic (exact) mass is 454 g/mol. The van der Waals surface area contributed by atoms with Crippen molar-refractivity contribution < 1.29 is 9.84 Å². The fourth-order valence-corrected chi connectivity index (χ4v) is 6.18. The number of anilines is 1. The van der Waals surface area contributed by atoms with Gasteiger partial charge in [-0.25, -0.2) is 4.98 Å². The van der Waals surface area contributed by atoms with Gasteiger partial charge >= 0.3 is 0 Å². The van der Waals surface area contributed by atoms with Crippen LogP contribution in [0.1, 0.15) is 66.1 Å². The average Bonchev–Trinajstić information content (AvgIpc) is 3.60. The summed E-state index contributed by atoms with van der Waals surface area (Å²) in [7, 11) is 0. The Morgan fingerprint density at radius 3 is 2.78 bits per heavy atom. The number of aliphatic hydroxyl groups excluding tert-OH is 1. The number of rotatable bonds is 5. The summed E-state index contributed by atoms with van der Waals surface area (Å²) >= 11 is 1.61. The van der Waals surface area contributed by atoms with Gasteiger partial charge in [0.05, 0.1) is 24.6 Å². The Hall–Kier alpha value is -2.10. The first-order chi connectivity index (χ1) is 15.8. The van der Waals surface area contributed by atoms with Crippen molar-refractivity contribution in [3.8, 4) is 0 Å². The van der Waals surface area contributed by atoms with Crippen molar-refractivity contribution in [1.82, 2.24) is 25.3 Å². The molecule has 2 aliphatic heterocycles. The zero-order valence-electron chi connectivity index (χ0n) is 18.3. The minimum absolute atomic E-state index is 0.163. The predicted molar refractivity (Wildman–Crippen MR) is 123 cm³/mol. The second-order valence-electron chi connectivity index (χ2n) is 9.39. The van der Waals surface area contributed by atoms with Crippen LogP contribution in [-0.4, -0.2) is 69.8 Å². The Morgan fingerprint density at radius 2 is 1.94 bits per heavy atom. The SMILES string of the molecule is OC(c1nc(C2CC2)cs1)C1CCCN(c2nnnc3c2CCC(N2CCOCC2)=C3)C1. The van der Waals surface area contributed by atoms with E-state index in [9.17, 15) is 5.11 Å². The van der Waals surface area contributed by atoms with E-state index in [-0.39, 0.29) is 5.92 Å². The summed E-state index contributed by atoms with van der Waals surface area (Å²) in [5.41, 5.74) is 4.64. The van der Waals surface area contributed by atoms with Gasteiger partial charge in [0, 0.05) is 54.7 Å². The molecule has 4 aliphatic rings. The number of nitrogens with zero attached hydrogens (tertiary/aromatic N) is 6. The lowest BCUT2D eigenvalue weighted by Gasteiger charge is -2.37. The largest absolute Gasteiger partial charge is 0.386 e. The smallest absolute Gasteiger partial charge is 0.158 e. The summed E-state index contributed by atoms with van der Waals surface area (Å²) in [6.07, 6.45) is 8.14. The number of hydrogen-bond acceptors (Lipinski definition) is 9. The third-order valence-corrected chi connectivity index (χ3v) is 8.15. The van der Waals surface area contributed by atoms with E-state index in [0.717, 1.165) is 81.6 Å². The first-order valence-corrected chi connectivity index (χ1v) is 12.8. The van der Waals surface area contributed by atoms with Crippen LogP contribution in [0.25, 0.3) is 6.08 Å². The molecule has 4 heterocycles. The molecule has 2 unspecified atom stereocenters. The summed E-state index contributed by atoms with van der Waals surface area (Å²) in [6.45, 7) is 5.19. The fourth-order valence-electron chi connectivity index (χ4n) is 5.21. The van der Waals surface area contributed by atoms with E-state index in [4.69, 9.17) is 9.72 Å². The van der Waals surface area contributed by atoms with Crippen LogP contribution < -0.4 is 4.90 Å². The van der Waals surface area contributed by atoms with Crippen molar-refractivity contribution in [3.05, 3.63) is 33.0 Å². The zero-order valence-corrected chi connectivity index (χ0v) is 19.1. The molecule has 2 aliphatic carbocycles. The van der Waals surface area contributed by atoms with Gasteiger partial charge in [0.1, 0.15) is 11.1 Å². The number of thiazole rings is 1. The molecule has 0 aromatic carbocycles. The molecule has 3 fully saturated rings. The van der Waals surface area contributed by atoms with Gasteiger partial charge in [-0.2, -0.15) is 0 Å². The Labute approximate surface area is 192 Å². The van der Waals surface area contributed by atoms with E-state index in [2.05, 4.69) is 36.7 Å².